The Kier molecular flexibility index (Phi) is 1.43. The van der Waals surface area contributed by atoms with Crippen molar-refractivity contribution in [1.82, 2.24) is 0 Å². The number of carbonyl (C=O) groups is 1. The van der Waals surface area contributed by atoms with E-state index in [2.05, 4.69) is 0 Å². The molecule has 0 spiro atoms. The summed E-state index contributed by atoms with van der Waals surface area (Å²) in [7, 11) is 0. The summed E-state index contributed by atoms with van der Waals surface area (Å²) >= 11 is 0. The second kappa shape index (κ2) is 2.34. The maximum atomic E-state index is 11.7. The molecule has 0 unspecified atom stereocenters. The van der Waals surface area contributed by atoms with Crippen molar-refractivity contribution in [2.45, 2.75) is 25.6 Å². The summed E-state index contributed by atoms with van der Waals surface area (Å²) in [5, 5.41) is 0. The van der Waals surface area contributed by atoms with Gasteiger partial charge in [0.05, 0.1) is 12.5 Å². The Morgan fingerprint density at radius 3 is 3.23 bits per heavy atom. The van der Waals surface area contributed by atoms with Crippen LogP contribution in [0.4, 0.5) is 0 Å². The van der Waals surface area contributed by atoms with Crippen LogP contribution in [-0.2, 0) is 14.3 Å². The van der Waals surface area contributed by atoms with E-state index in [-0.39, 0.29) is 11.8 Å². The number of ketones is 1. The third kappa shape index (κ3) is 0.796. The standard InChI is InChI=1S/C10H14O3/c1-2-12-10-4-6-3-7(5-13-10)8(10)9(6)11/h6-8H,2-5H2,1H3/t6-,7+,8-,10+/m0/s1. The van der Waals surface area contributed by atoms with Crippen molar-refractivity contribution in [3.8, 4) is 0 Å². The first-order chi connectivity index (χ1) is 6.27. The third-order valence-electron chi connectivity index (χ3n) is 3.70. The molecule has 0 N–H and O–H groups in total. The third-order valence-corrected chi connectivity index (χ3v) is 3.70. The highest BCUT2D eigenvalue weighted by Gasteiger charge is 2.67. The Balaban J connectivity index is 1.96. The summed E-state index contributed by atoms with van der Waals surface area (Å²) < 4.78 is 11.3. The Morgan fingerprint density at radius 1 is 1.69 bits per heavy atom. The molecule has 1 aliphatic heterocycles. The molecule has 4 atom stereocenters. The van der Waals surface area contributed by atoms with Crippen molar-refractivity contribution in [2.24, 2.45) is 17.8 Å². The fraction of sp³-hybridized carbons (Fsp3) is 0.900. The fourth-order valence-corrected chi connectivity index (χ4v) is 3.33. The van der Waals surface area contributed by atoms with Gasteiger partial charge in [-0.05, 0) is 19.3 Å². The average Bonchev–Trinajstić information content (AvgIpc) is 2.60. The molecule has 2 bridgehead atoms. The minimum absolute atomic E-state index is 0.0671. The molecular formula is C10H14O3. The van der Waals surface area contributed by atoms with Gasteiger partial charge in [0.1, 0.15) is 5.78 Å². The Hall–Kier alpha value is -0.410. The molecule has 0 aromatic carbocycles. The van der Waals surface area contributed by atoms with E-state index in [1.807, 2.05) is 6.92 Å². The lowest BCUT2D eigenvalue weighted by atomic mass is 9.87. The van der Waals surface area contributed by atoms with E-state index in [0.29, 0.717) is 18.3 Å². The lowest BCUT2D eigenvalue weighted by Crippen LogP contribution is -2.38. The van der Waals surface area contributed by atoms with E-state index >= 15 is 0 Å². The Morgan fingerprint density at radius 2 is 2.54 bits per heavy atom. The summed E-state index contributed by atoms with van der Waals surface area (Å²) in [5.74, 6) is 0.662. The van der Waals surface area contributed by atoms with E-state index in [9.17, 15) is 4.79 Å². The first-order valence-corrected chi connectivity index (χ1v) is 5.08. The van der Waals surface area contributed by atoms with Crippen LogP contribution in [0.2, 0.25) is 0 Å². The molecule has 0 aromatic heterocycles. The zero-order chi connectivity index (χ0) is 9.05. The molecule has 1 heterocycles. The quantitative estimate of drug-likeness (QED) is 0.638. The number of rotatable bonds is 2. The second-order valence-corrected chi connectivity index (χ2v) is 4.33. The zero-order valence-corrected chi connectivity index (χ0v) is 7.79. The minimum atomic E-state index is -0.501. The normalized spacial score (nSPS) is 52.1. The van der Waals surface area contributed by atoms with E-state index in [4.69, 9.17) is 9.47 Å². The van der Waals surface area contributed by atoms with Crippen molar-refractivity contribution >= 4 is 5.78 Å². The van der Waals surface area contributed by atoms with Gasteiger partial charge in [0, 0.05) is 18.9 Å². The molecule has 3 heteroatoms. The van der Waals surface area contributed by atoms with Gasteiger partial charge in [0.25, 0.3) is 0 Å². The van der Waals surface area contributed by atoms with Gasteiger partial charge >= 0.3 is 0 Å². The van der Waals surface area contributed by atoms with E-state index in [1.165, 1.54) is 0 Å². The van der Waals surface area contributed by atoms with E-state index < -0.39 is 5.79 Å². The molecule has 0 radical (unpaired) electrons. The van der Waals surface area contributed by atoms with Gasteiger partial charge in [-0.3, -0.25) is 4.79 Å². The van der Waals surface area contributed by atoms with Gasteiger partial charge in [-0.25, -0.2) is 0 Å². The minimum Gasteiger partial charge on any atom is -0.349 e. The van der Waals surface area contributed by atoms with Crippen LogP contribution in [-0.4, -0.2) is 24.8 Å². The first-order valence-electron chi connectivity index (χ1n) is 5.08. The monoisotopic (exact) mass is 182 g/mol. The van der Waals surface area contributed by atoms with Crippen molar-refractivity contribution in [3.05, 3.63) is 0 Å². The maximum Gasteiger partial charge on any atom is 0.178 e. The van der Waals surface area contributed by atoms with Crippen molar-refractivity contribution < 1.29 is 14.3 Å². The smallest absolute Gasteiger partial charge is 0.178 e. The predicted octanol–water partition coefficient (Wildman–Crippen LogP) is 0.974. The summed E-state index contributed by atoms with van der Waals surface area (Å²) in [6, 6.07) is 0. The molecule has 72 valence electrons. The molecule has 3 rings (SSSR count). The Labute approximate surface area is 77.4 Å². The topological polar surface area (TPSA) is 35.5 Å². The molecule has 2 aliphatic carbocycles. The molecule has 13 heavy (non-hydrogen) atoms. The van der Waals surface area contributed by atoms with Crippen LogP contribution < -0.4 is 0 Å². The SMILES string of the molecule is CCO[C@]12C[C@@H]3C[C@H](CO1)[C@H]2C3=O. The molecule has 3 nitrogen and oxygen atoms in total. The molecule has 0 amide bonds. The number of fused-ring (bicyclic) bond motifs is 1. The molecule has 0 aromatic rings. The lowest BCUT2D eigenvalue weighted by molar-refractivity contribution is -0.221. The fourth-order valence-electron chi connectivity index (χ4n) is 3.33. The number of hydrogen-bond donors (Lipinski definition) is 0. The van der Waals surface area contributed by atoms with Crippen molar-refractivity contribution in [1.29, 1.82) is 0 Å². The zero-order valence-electron chi connectivity index (χ0n) is 7.79. The van der Waals surface area contributed by atoms with Gasteiger partial charge in [-0.1, -0.05) is 0 Å². The van der Waals surface area contributed by atoms with Crippen LogP contribution in [0, 0.1) is 17.8 Å². The summed E-state index contributed by atoms with van der Waals surface area (Å²) in [4.78, 5) is 11.7. The van der Waals surface area contributed by atoms with Crippen LogP contribution in [0.3, 0.4) is 0 Å². The number of ether oxygens (including phenoxy) is 2. The molecule has 3 aliphatic rings. The molecule has 3 fully saturated rings. The van der Waals surface area contributed by atoms with Gasteiger partial charge < -0.3 is 9.47 Å². The molecule has 2 saturated carbocycles. The van der Waals surface area contributed by atoms with Crippen LogP contribution in [0.1, 0.15) is 19.8 Å². The van der Waals surface area contributed by atoms with Crippen LogP contribution in [0.5, 0.6) is 0 Å². The highest BCUT2D eigenvalue weighted by molar-refractivity contribution is 5.89. The van der Waals surface area contributed by atoms with Crippen LogP contribution >= 0.6 is 0 Å². The number of carbonyl (C=O) groups excluding carboxylic acids is 1. The Bertz CT molecular complexity index is 259. The average molecular weight is 182 g/mol. The maximum absolute atomic E-state index is 11.7. The van der Waals surface area contributed by atoms with Crippen molar-refractivity contribution in [3.63, 3.8) is 0 Å². The lowest BCUT2D eigenvalue weighted by Gasteiger charge is -2.29. The molecule has 1 saturated heterocycles. The number of Topliss-reactive ketones (excluding diaryl/α,β-unsaturated/α-hetero) is 1. The predicted molar refractivity (Wildman–Crippen MR) is 45.0 cm³/mol. The van der Waals surface area contributed by atoms with Gasteiger partial charge in [-0.2, -0.15) is 0 Å². The summed E-state index contributed by atoms with van der Waals surface area (Å²) in [6.07, 6.45) is 1.85. The van der Waals surface area contributed by atoms with E-state index in [1.54, 1.807) is 0 Å². The van der Waals surface area contributed by atoms with Crippen molar-refractivity contribution in [2.75, 3.05) is 13.2 Å². The van der Waals surface area contributed by atoms with Crippen LogP contribution in [0.15, 0.2) is 0 Å². The molecular weight excluding hydrogens is 168 g/mol. The first kappa shape index (κ1) is 7.94. The highest BCUT2D eigenvalue weighted by atomic mass is 16.7. The second-order valence-electron chi connectivity index (χ2n) is 4.33. The van der Waals surface area contributed by atoms with Gasteiger partial charge in [0.15, 0.2) is 5.79 Å². The largest absolute Gasteiger partial charge is 0.349 e. The number of hydrogen-bond acceptors (Lipinski definition) is 3. The summed E-state index contributed by atoms with van der Waals surface area (Å²) in [5.41, 5.74) is 0. The van der Waals surface area contributed by atoms with Gasteiger partial charge in [-0.15, -0.1) is 0 Å². The highest BCUT2D eigenvalue weighted by Crippen LogP contribution is 2.58. The van der Waals surface area contributed by atoms with Crippen LogP contribution in [0.25, 0.3) is 0 Å². The summed E-state index contributed by atoms with van der Waals surface area (Å²) in [6.45, 7) is 3.33. The van der Waals surface area contributed by atoms with Gasteiger partial charge in [0.2, 0.25) is 0 Å². The van der Waals surface area contributed by atoms with E-state index in [0.717, 1.165) is 19.4 Å².